The molecule has 2 rings (SSSR count). The molecule has 7 heteroatoms. The summed E-state index contributed by atoms with van der Waals surface area (Å²) in [7, 11) is 0. The molecule has 1 heterocycles. The van der Waals surface area contributed by atoms with Gasteiger partial charge in [-0.25, -0.2) is 4.98 Å². The van der Waals surface area contributed by atoms with Crippen molar-refractivity contribution in [2.75, 3.05) is 5.33 Å². The smallest absolute Gasteiger partial charge is 0.258 e. The van der Waals surface area contributed by atoms with E-state index < -0.39 is 4.92 Å². The Hall–Kier alpha value is -1.76. The maximum Gasteiger partial charge on any atom is 0.270 e. The molecule has 1 aromatic heterocycles. The third-order valence-corrected chi connectivity index (χ3v) is 4.25. The van der Waals surface area contributed by atoms with Crippen LogP contribution in [0.2, 0.25) is 0 Å². The first-order chi connectivity index (χ1) is 10.0. The number of nitro groups is 1. The van der Waals surface area contributed by atoms with E-state index in [1.807, 2.05) is 0 Å². The van der Waals surface area contributed by atoms with Gasteiger partial charge in [-0.05, 0) is 11.8 Å². The second kappa shape index (κ2) is 6.80. The number of aromatic nitrogens is 3. The Balaban J connectivity index is 2.20. The summed E-state index contributed by atoms with van der Waals surface area (Å²) < 4.78 is 1.79. The molecule has 21 heavy (non-hydrogen) atoms. The number of hydrogen-bond acceptors (Lipinski definition) is 4. The summed E-state index contributed by atoms with van der Waals surface area (Å²) in [4.78, 5) is 14.6. The summed E-state index contributed by atoms with van der Waals surface area (Å²) in [5.41, 5.74) is 0.701. The van der Waals surface area contributed by atoms with Crippen LogP contribution in [0.1, 0.15) is 13.8 Å². The van der Waals surface area contributed by atoms with E-state index in [1.165, 1.54) is 12.1 Å². The molecule has 2 aromatic rings. The molecular weight excluding hydrogens is 336 g/mol. The van der Waals surface area contributed by atoms with Crippen LogP contribution in [0.3, 0.4) is 0 Å². The third kappa shape index (κ3) is 3.87. The molecule has 0 aliphatic carbocycles. The van der Waals surface area contributed by atoms with E-state index in [4.69, 9.17) is 0 Å². The van der Waals surface area contributed by atoms with Crippen molar-refractivity contribution in [2.45, 2.75) is 20.4 Å². The van der Waals surface area contributed by atoms with Gasteiger partial charge in [0.15, 0.2) is 5.82 Å². The third-order valence-electron chi connectivity index (χ3n) is 3.41. The van der Waals surface area contributed by atoms with Crippen molar-refractivity contribution in [3.8, 4) is 11.4 Å². The van der Waals surface area contributed by atoms with Gasteiger partial charge in [0.2, 0.25) is 0 Å². The van der Waals surface area contributed by atoms with Crippen LogP contribution >= 0.6 is 15.9 Å². The molecule has 112 valence electrons. The van der Waals surface area contributed by atoms with Crippen molar-refractivity contribution in [3.63, 3.8) is 0 Å². The number of rotatable bonds is 6. The van der Waals surface area contributed by atoms with Crippen LogP contribution in [0.15, 0.2) is 30.6 Å². The molecule has 0 bridgehead atoms. The summed E-state index contributed by atoms with van der Waals surface area (Å²) in [6.45, 7) is 5.11. The van der Waals surface area contributed by atoms with Crippen LogP contribution in [0, 0.1) is 22.0 Å². The molecule has 0 aliphatic heterocycles. The molecule has 1 aromatic carbocycles. The Kier molecular flexibility index (Phi) is 5.06. The first kappa shape index (κ1) is 15.6. The summed E-state index contributed by atoms with van der Waals surface area (Å²) >= 11 is 3.51. The van der Waals surface area contributed by atoms with Gasteiger partial charge in [-0.15, -0.1) is 0 Å². The topological polar surface area (TPSA) is 73.8 Å². The van der Waals surface area contributed by atoms with Crippen LogP contribution < -0.4 is 0 Å². The number of benzene rings is 1. The monoisotopic (exact) mass is 352 g/mol. The van der Waals surface area contributed by atoms with Crippen LogP contribution in [0.5, 0.6) is 0 Å². The van der Waals surface area contributed by atoms with Gasteiger partial charge in [-0.3, -0.25) is 14.8 Å². The molecule has 1 unspecified atom stereocenters. The molecule has 0 aliphatic rings. The first-order valence-corrected chi connectivity index (χ1v) is 7.83. The molecule has 0 spiro atoms. The first-order valence-electron chi connectivity index (χ1n) is 6.71. The van der Waals surface area contributed by atoms with E-state index in [1.54, 1.807) is 23.1 Å². The lowest BCUT2D eigenvalue weighted by atomic mass is 9.98. The number of nitro benzene ring substituents is 1. The van der Waals surface area contributed by atoms with Crippen molar-refractivity contribution in [1.29, 1.82) is 0 Å². The maximum absolute atomic E-state index is 10.8. The highest BCUT2D eigenvalue weighted by molar-refractivity contribution is 9.09. The van der Waals surface area contributed by atoms with Gasteiger partial charge in [-0.1, -0.05) is 41.9 Å². The minimum Gasteiger partial charge on any atom is -0.258 e. The zero-order chi connectivity index (χ0) is 15.4. The standard InChI is InChI=1S/C14H17BrN4O2/c1-10(2)12(7-15)8-18-9-16-14(17-18)11-4-3-5-13(6-11)19(20)21/h3-6,9-10,12H,7-8H2,1-2H3. The lowest BCUT2D eigenvalue weighted by Crippen LogP contribution is -2.18. The molecule has 0 radical (unpaired) electrons. The number of hydrogen-bond donors (Lipinski definition) is 0. The van der Waals surface area contributed by atoms with Gasteiger partial charge >= 0.3 is 0 Å². The second-order valence-electron chi connectivity index (χ2n) is 5.26. The average molecular weight is 353 g/mol. The minimum atomic E-state index is -0.417. The fraction of sp³-hybridized carbons (Fsp3) is 0.429. The summed E-state index contributed by atoms with van der Waals surface area (Å²) in [5.74, 6) is 1.51. The molecule has 6 nitrogen and oxygen atoms in total. The van der Waals surface area contributed by atoms with Crippen molar-refractivity contribution in [2.24, 2.45) is 11.8 Å². The average Bonchev–Trinajstić information content (AvgIpc) is 2.93. The van der Waals surface area contributed by atoms with Gasteiger partial charge in [0.05, 0.1) is 4.92 Å². The fourth-order valence-electron chi connectivity index (χ4n) is 1.95. The van der Waals surface area contributed by atoms with Crippen LogP contribution in [0.4, 0.5) is 5.69 Å². The maximum atomic E-state index is 10.8. The zero-order valence-electron chi connectivity index (χ0n) is 11.9. The van der Waals surface area contributed by atoms with Gasteiger partial charge in [0.1, 0.15) is 6.33 Å². The predicted octanol–water partition coefficient (Wildman–Crippen LogP) is 3.52. The van der Waals surface area contributed by atoms with E-state index in [2.05, 4.69) is 39.9 Å². The Morgan fingerprint density at radius 1 is 1.43 bits per heavy atom. The lowest BCUT2D eigenvalue weighted by molar-refractivity contribution is -0.384. The van der Waals surface area contributed by atoms with Crippen LogP contribution in [0.25, 0.3) is 11.4 Å². The van der Waals surface area contributed by atoms with Crippen molar-refractivity contribution in [1.82, 2.24) is 14.8 Å². The SMILES string of the molecule is CC(C)C(CBr)Cn1cnc(-c2cccc([N+](=O)[O-])c2)n1. The second-order valence-corrected chi connectivity index (χ2v) is 5.90. The van der Waals surface area contributed by atoms with Crippen LogP contribution in [-0.4, -0.2) is 25.0 Å². The minimum absolute atomic E-state index is 0.0457. The summed E-state index contributed by atoms with van der Waals surface area (Å²) in [6.07, 6.45) is 1.67. The van der Waals surface area contributed by atoms with Gasteiger partial charge < -0.3 is 0 Å². The number of nitrogens with zero attached hydrogens (tertiary/aromatic N) is 4. The fourth-order valence-corrected chi connectivity index (χ4v) is 2.90. The van der Waals surface area contributed by atoms with Crippen molar-refractivity contribution in [3.05, 3.63) is 40.7 Å². The molecular formula is C14H17BrN4O2. The summed E-state index contributed by atoms with van der Waals surface area (Å²) in [6, 6.07) is 6.37. The van der Waals surface area contributed by atoms with E-state index in [0.717, 1.165) is 11.9 Å². The molecule has 0 saturated carbocycles. The highest BCUT2D eigenvalue weighted by Gasteiger charge is 2.15. The van der Waals surface area contributed by atoms with E-state index in [0.29, 0.717) is 23.2 Å². The predicted molar refractivity (Wildman–Crippen MR) is 84.2 cm³/mol. The highest BCUT2D eigenvalue weighted by atomic mass is 79.9. The van der Waals surface area contributed by atoms with Crippen LogP contribution in [-0.2, 0) is 6.54 Å². The zero-order valence-corrected chi connectivity index (χ0v) is 13.5. The molecule has 0 fully saturated rings. The Bertz CT molecular complexity index is 627. The molecule has 1 atom stereocenters. The highest BCUT2D eigenvalue weighted by Crippen LogP contribution is 2.21. The van der Waals surface area contributed by atoms with E-state index in [9.17, 15) is 10.1 Å². The summed E-state index contributed by atoms with van der Waals surface area (Å²) in [5, 5.41) is 16.1. The molecule has 0 N–H and O–H groups in total. The van der Waals surface area contributed by atoms with E-state index in [-0.39, 0.29) is 5.69 Å². The Labute approximate surface area is 131 Å². The van der Waals surface area contributed by atoms with Crippen molar-refractivity contribution >= 4 is 21.6 Å². The number of alkyl halides is 1. The van der Waals surface area contributed by atoms with Gasteiger partial charge in [0.25, 0.3) is 5.69 Å². The largest absolute Gasteiger partial charge is 0.270 e. The normalized spacial score (nSPS) is 12.6. The Morgan fingerprint density at radius 2 is 2.19 bits per heavy atom. The molecule has 0 saturated heterocycles. The number of halogens is 1. The lowest BCUT2D eigenvalue weighted by Gasteiger charge is -2.17. The number of non-ortho nitro benzene ring substituents is 1. The molecule has 0 amide bonds. The quantitative estimate of drug-likeness (QED) is 0.452. The van der Waals surface area contributed by atoms with Gasteiger partial charge in [0, 0.05) is 29.6 Å². The van der Waals surface area contributed by atoms with Gasteiger partial charge in [-0.2, -0.15) is 5.10 Å². The Morgan fingerprint density at radius 3 is 2.81 bits per heavy atom. The van der Waals surface area contributed by atoms with E-state index >= 15 is 0 Å². The van der Waals surface area contributed by atoms with Crippen molar-refractivity contribution < 1.29 is 4.92 Å².